The Hall–Kier alpha value is -2.64. The van der Waals surface area contributed by atoms with E-state index in [1.165, 1.54) is 23.3 Å². The highest BCUT2D eigenvalue weighted by molar-refractivity contribution is 7.19. The number of rotatable bonds is 5. The van der Waals surface area contributed by atoms with Crippen molar-refractivity contribution in [3.63, 3.8) is 0 Å². The summed E-state index contributed by atoms with van der Waals surface area (Å²) in [5.74, 6) is 2.11. The first kappa shape index (κ1) is 18.4. The number of aryl methyl sites for hydroxylation is 2. The fraction of sp³-hybridized carbons (Fsp3) is 0.286. The van der Waals surface area contributed by atoms with Crippen LogP contribution >= 0.6 is 22.9 Å². The number of thiophene rings is 1. The van der Waals surface area contributed by atoms with Crippen molar-refractivity contribution in [2.75, 3.05) is 12.4 Å². The van der Waals surface area contributed by atoms with Crippen LogP contribution in [0.5, 0.6) is 5.75 Å². The van der Waals surface area contributed by atoms with Crippen LogP contribution in [0, 0.1) is 0 Å². The molecular weight excluding hydrogens is 406 g/mol. The van der Waals surface area contributed by atoms with Gasteiger partial charge in [0.1, 0.15) is 16.4 Å². The molecule has 5 rings (SSSR count). The minimum absolute atomic E-state index is 0.580. The van der Waals surface area contributed by atoms with Crippen molar-refractivity contribution < 1.29 is 4.74 Å². The summed E-state index contributed by atoms with van der Waals surface area (Å²) in [4.78, 5) is 12.1. The Kier molecular flexibility index (Phi) is 4.85. The van der Waals surface area contributed by atoms with Crippen molar-refractivity contribution in [3.8, 4) is 11.7 Å². The number of aromatic nitrogens is 4. The molecule has 148 valence electrons. The van der Waals surface area contributed by atoms with Gasteiger partial charge in [0.05, 0.1) is 17.5 Å². The van der Waals surface area contributed by atoms with Crippen LogP contribution in [0.15, 0.2) is 36.7 Å². The number of anilines is 1. The number of ether oxygens (including phenoxy) is 1. The number of halogens is 1. The van der Waals surface area contributed by atoms with Crippen LogP contribution in [0.3, 0.4) is 0 Å². The van der Waals surface area contributed by atoms with Gasteiger partial charge in [-0.2, -0.15) is 15.1 Å². The smallest absolute Gasteiger partial charge is 0.253 e. The van der Waals surface area contributed by atoms with Crippen molar-refractivity contribution in [2.45, 2.75) is 32.2 Å². The number of benzene rings is 1. The van der Waals surface area contributed by atoms with E-state index >= 15 is 0 Å². The molecule has 0 radical (unpaired) electrons. The molecule has 1 aliphatic carbocycles. The van der Waals surface area contributed by atoms with Crippen molar-refractivity contribution >= 4 is 39.0 Å². The van der Waals surface area contributed by atoms with Gasteiger partial charge in [-0.25, -0.2) is 4.68 Å². The van der Waals surface area contributed by atoms with E-state index in [1.54, 1.807) is 29.3 Å². The molecule has 0 fully saturated rings. The van der Waals surface area contributed by atoms with Crippen molar-refractivity contribution in [1.29, 1.82) is 0 Å². The molecule has 4 aromatic rings. The summed E-state index contributed by atoms with van der Waals surface area (Å²) in [7, 11) is 1.62. The third-order valence-electron chi connectivity index (χ3n) is 5.19. The number of hydrogen-bond acceptors (Lipinski definition) is 6. The molecular formula is C21H20ClN5OS. The monoisotopic (exact) mass is 425 g/mol. The fourth-order valence-electron chi connectivity index (χ4n) is 3.77. The Labute approximate surface area is 177 Å². The van der Waals surface area contributed by atoms with E-state index in [2.05, 4.69) is 10.4 Å². The average molecular weight is 426 g/mol. The number of hydrogen-bond donors (Lipinski definition) is 1. The normalized spacial score (nSPS) is 13.4. The Bertz CT molecular complexity index is 1170. The minimum Gasteiger partial charge on any atom is -0.495 e. The van der Waals surface area contributed by atoms with E-state index in [9.17, 15) is 0 Å². The van der Waals surface area contributed by atoms with Crippen LogP contribution in [0.1, 0.15) is 28.8 Å². The van der Waals surface area contributed by atoms with E-state index in [1.807, 2.05) is 30.5 Å². The van der Waals surface area contributed by atoms with E-state index < -0.39 is 0 Å². The van der Waals surface area contributed by atoms with E-state index in [0.717, 1.165) is 34.4 Å². The van der Waals surface area contributed by atoms with Gasteiger partial charge in [0, 0.05) is 23.8 Å². The first-order valence-corrected chi connectivity index (χ1v) is 10.8. The number of methoxy groups -OCH3 is 1. The lowest BCUT2D eigenvalue weighted by Gasteiger charge is -2.14. The van der Waals surface area contributed by atoms with Gasteiger partial charge in [-0.3, -0.25) is 0 Å². The van der Waals surface area contributed by atoms with Crippen molar-refractivity contribution in [2.24, 2.45) is 0 Å². The van der Waals surface area contributed by atoms with Crippen LogP contribution in [0.25, 0.3) is 16.2 Å². The highest BCUT2D eigenvalue weighted by atomic mass is 35.5. The minimum atomic E-state index is 0.580. The molecule has 1 N–H and O–H groups in total. The van der Waals surface area contributed by atoms with Gasteiger partial charge >= 0.3 is 0 Å². The van der Waals surface area contributed by atoms with Crippen LogP contribution in [0.4, 0.5) is 5.82 Å². The molecule has 0 unspecified atom stereocenters. The summed E-state index contributed by atoms with van der Waals surface area (Å²) in [5, 5.41) is 9.58. The van der Waals surface area contributed by atoms with Gasteiger partial charge < -0.3 is 10.1 Å². The maximum Gasteiger partial charge on any atom is 0.253 e. The average Bonchev–Trinajstić information content (AvgIpc) is 3.39. The molecule has 1 aliphatic rings. The second-order valence-electron chi connectivity index (χ2n) is 7.04. The van der Waals surface area contributed by atoms with Gasteiger partial charge in [-0.1, -0.05) is 17.7 Å². The lowest BCUT2D eigenvalue weighted by atomic mass is 9.97. The van der Waals surface area contributed by atoms with Crippen LogP contribution < -0.4 is 10.1 Å². The fourth-order valence-corrected chi connectivity index (χ4v) is 5.31. The van der Waals surface area contributed by atoms with Gasteiger partial charge in [0.15, 0.2) is 0 Å². The van der Waals surface area contributed by atoms with Crippen LogP contribution in [-0.4, -0.2) is 26.9 Å². The zero-order valence-electron chi connectivity index (χ0n) is 16.0. The second-order valence-corrected chi connectivity index (χ2v) is 8.53. The Morgan fingerprint density at radius 1 is 1.24 bits per heavy atom. The quantitative estimate of drug-likeness (QED) is 0.485. The Morgan fingerprint density at radius 2 is 2.14 bits per heavy atom. The highest BCUT2D eigenvalue weighted by Gasteiger charge is 2.21. The zero-order valence-corrected chi connectivity index (χ0v) is 17.6. The third kappa shape index (κ3) is 3.45. The molecule has 8 heteroatoms. The SMILES string of the molecule is COc1ccc(CNc2nc(-n3cccn3)nc3sc4c(c23)CCCC4)cc1Cl. The highest BCUT2D eigenvalue weighted by Crippen LogP contribution is 2.39. The lowest BCUT2D eigenvalue weighted by molar-refractivity contribution is 0.415. The van der Waals surface area contributed by atoms with Gasteiger partial charge in [-0.15, -0.1) is 11.3 Å². The molecule has 3 aromatic heterocycles. The molecule has 0 bridgehead atoms. The maximum absolute atomic E-state index is 6.29. The summed E-state index contributed by atoms with van der Waals surface area (Å²) in [6, 6.07) is 7.69. The molecule has 0 spiro atoms. The second kappa shape index (κ2) is 7.65. The standard InChI is InChI=1S/C21H20ClN5OS/c1-28-16-8-7-13(11-15(16)22)12-23-19-18-14-5-2-3-6-17(14)29-20(18)26-21(25-19)27-10-4-9-24-27/h4,7-11H,2-3,5-6,12H2,1H3,(H,23,25,26). The molecule has 0 saturated carbocycles. The number of nitrogens with zero attached hydrogens (tertiary/aromatic N) is 4. The molecule has 0 atom stereocenters. The van der Waals surface area contributed by atoms with Crippen molar-refractivity contribution in [1.82, 2.24) is 19.7 Å². The van der Waals surface area contributed by atoms with Gasteiger partial charge in [0.25, 0.3) is 5.95 Å². The summed E-state index contributed by atoms with van der Waals surface area (Å²) in [5.41, 5.74) is 2.46. The third-order valence-corrected chi connectivity index (χ3v) is 6.67. The summed E-state index contributed by atoms with van der Waals surface area (Å²) >= 11 is 8.07. The largest absolute Gasteiger partial charge is 0.495 e. The molecule has 29 heavy (non-hydrogen) atoms. The molecule has 0 aliphatic heterocycles. The van der Waals surface area contributed by atoms with Gasteiger partial charge in [0.2, 0.25) is 0 Å². The van der Waals surface area contributed by atoms with Crippen LogP contribution in [-0.2, 0) is 19.4 Å². The number of nitrogens with one attached hydrogen (secondary N) is 1. The summed E-state index contributed by atoms with van der Waals surface area (Å²) in [6.45, 7) is 0.610. The summed E-state index contributed by atoms with van der Waals surface area (Å²) < 4.78 is 6.95. The molecule has 3 heterocycles. The molecule has 1 aromatic carbocycles. The maximum atomic E-state index is 6.29. The molecule has 0 amide bonds. The van der Waals surface area contributed by atoms with Crippen LogP contribution in [0.2, 0.25) is 5.02 Å². The number of fused-ring (bicyclic) bond motifs is 3. The lowest BCUT2D eigenvalue weighted by Crippen LogP contribution is -2.08. The Morgan fingerprint density at radius 3 is 2.93 bits per heavy atom. The van der Waals surface area contributed by atoms with Crippen molar-refractivity contribution in [3.05, 3.63) is 57.7 Å². The summed E-state index contributed by atoms with van der Waals surface area (Å²) in [6.07, 6.45) is 8.27. The van der Waals surface area contributed by atoms with E-state index in [-0.39, 0.29) is 0 Å². The molecule has 6 nitrogen and oxygen atoms in total. The molecule has 0 saturated heterocycles. The first-order valence-electron chi connectivity index (χ1n) is 9.61. The van der Waals surface area contributed by atoms with Gasteiger partial charge in [-0.05, 0) is 55.0 Å². The Balaban J connectivity index is 1.55. The van der Waals surface area contributed by atoms with E-state index in [0.29, 0.717) is 23.3 Å². The first-order chi connectivity index (χ1) is 14.2. The van der Waals surface area contributed by atoms with E-state index in [4.69, 9.17) is 26.3 Å². The predicted octanol–water partition coefficient (Wildman–Crippen LogP) is 5.03. The zero-order chi connectivity index (χ0) is 19.8. The predicted molar refractivity (Wildman–Crippen MR) is 117 cm³/mol. The topological polar surface area (TPSA) is 64.9 Å².